The van der Waals surface area contributed by atoms with E-state index in [1.807, 2.05) is 0 Å². The number of rotatable bonds is 54. The number of allylic oxidation sites excluding steroid dienone is 2. The van der Waals surface area contributed by atoms with Crippen molar-refractivity contribution in [3.8, 4) is 0 Å². The van der Waals surface area contributed by atoms with Crippen LogP contribution in [0.4, 0.5) is 0 Å². The van der Waals surface area contributed by atoms with Crippen molar-refractivity contribution in [2.75, 3.05) is 166 Å². The third kappa shape index (κ3) is 42.9. The quantitative estimate of drug-likeness (QED) is 0.0390. The second-order valence-corrected chi connectivity index (χ2v) is 14.9. The predicted octanol–water partition coefficient (Wildman–Crippen LogP) is 3.58. The molecule has 0 aromatic carbocycles. The number of carbonyl (C=O) groups is 2. The second kappa shape index (κ2) is 50.7. The van der Waals surface area contributed by atoms with Crippen molar-refractivity contribution in [3.63, 3.8) is 0 Å². The zero-order valence-electron chi connectivity index (χ0n) is 39.7. The maximum absolute atomic E-state index is 13.0. The fourth-order valence-corrected chi connectivity index (χ4v) is 5.79. The van der Waals surface area contributed by atoms with E-state index >= 15 is 0 Å². The lowest BCUT2D eigenvalue weighted by Gasteiger charge is -2.28. The highest BCUT2D eigenvalue weighted by atomic mass is 16.6. The van der Waals surface area contributed by atoms with Gasteiger partial charge < -0.3 is 77.5 Å². The normalized spacial score (nSPS) is 13.2. The van der Waals surface area contributed by atoms with Gasteiger partial charge in [0.15, 0.2) is 0 Å². The predicted molar refractivity (Wildman–Crippen MR) is 242 cm³/mol. The lowest BCUT2D eigenvalue weighted by atomic mass is 10.0. The SMILES string of the molecule is CCCCCCCC/C=C\CCCCCCCC(=O)N[C@@H](CO)C(=O)C(O)(COCCOCCOCCOCCOCCOCCOCCOCCOCCOCCOCCO)OC. The Kier molecular flexibility index (Phi) is 49.3. The van der Waals surface area contributed by atoms with Crippen LogP contribution in [-0.2, 0) is 66.4 Å². The zero-order chi connectivity index (χ0) is 46.7. The summed E-state index contributed by atoms with van der Waals surface area (Å²) >= 11 is 0. The first kappa shape index (κ1) is 62.3. The molecule has 2 atom stereocenters. The van der Waals surface area contributed by atoms with Crippen molar-refractivity contribution < 1.29 is 81.8 Å². The number of Topliss-reactive ketones (excluding diaryl/α,β-unsaturated/α-hetero) is 1. The van der Waals surface area contributed by atoms with Crippen LogP contribution >= 0.6 is 0 Å². The van der Waals surface area contributed by atoms with Crippen LogP contribution in [0, 0.1) is 0 Å². The third-order valence-electron chi connectivity index (χ3n) is 9.48. The molecule has 0 aromatic heterocycles. The molecule has 380 valence electrons. The summed E-state index contributed by atoms with van der Waals surface area (Å²) in [5.41, 5.74) is 0. The molecule has 0 aromatic rings. The van der Waals surface area contributed by atoms with Gasteiger partial charge in [0, 0.05) is 13.5 Å². The van der Waals surface area contributed by atoms with Gasteiger partial charge in [-0.25, -0.2) is 0 Å². The highest BCUT2D eigenvalue weighted by molar-refractivity contribution is 5.94. The van der Waals surface area contributed by atoms with Crippen LogP contribution in [0.2, 0.25) is 0 Å². The monoisotopic (exact) mass is 928 g/mol. The van der Waals surface area contributed by atoms with Crippen molar-refractivity contribution in [1.29, 1.82) is 0 Å². The van der Waals surface area contributed by atoms with E-state index in [0.29, 0.717) is 132 Å². The molecule has 0 spiro atoms. The molecule has 64 heavy (non-hydrogen) atoms. The minimum absolute atomic E-state index is 0.0118. The number of aliphatic hydroxyl groups excluding tert-OH is 2. The maximum atomic E-state index is 13.0. The van der Waals surface area contributed by atoms with E-state index in [4.69, 9.17) is 61.9 Å². The van der Waals surface area contributed by atoms with Gasteiger partial charge in [0.25, 0.3) is 5.79 Å². The van der Waals surface area contributed by atoms with E-state index in [-0.39, 0.29) is 32.1 Å². The molecule has 18 nitrogen and oxygen atoms in total. The first-order valence-electron chi connectivity index (χ1n) is 23.8. The molecule has 18 heteroatoms. The summed E-state index contributed by atoms with van der Waals surface area (Å²) in [5.74, 6) is -3.60. The third-order valence-corrected chi connectivity index (χ3v) is 9.48. The molecule has 1 unspecified atom stereocenters. The topological polar surface area (TPSA) is 218 Å². The number of hydrogen-bond donors (Lipinski definition) is 4. The minimum Gasteiger partial charge on any atom is -0.394 e. The van der Waals surface area contributed by atoms with Crippen LogP contribution in [0.25, 0.3) is 0 Å². The van der Waals surface area contributed by atoms with Gasteiger partial charge in [0.2, 0.25) is 11.7 Å². The number of carbonyl (C=O) groups excluding carboxylic acids is 2. The summed E-state index contributed by atoms with van der Waals surface area (Å²) in [4.78, 5) is 25.4. The number of aliphatic hydroxyl groups is 3. The van der Waals surface area contributed by atoms with E-state index < -0.39 is 30.8 Å². The van der Waals surface area contributed by atoms with Gasteiger partial charge in [0.1, 0.15) is 12.6 Å². The van der Waals surface area contributed by atoms with Gasteiger partial charge >= 0.3 is 0 Å². The molecule has 0 radical (unpaired) electrons. The van der Waals surface area contributed by atoms with E-state index in [2.05, 4.69) is 24.4 Å². The summed E-state index contributed by atoms with van der Waals surface area (Å²) in [7, 11) is 1.16. The van der Waals surface area contributed by atoms with Crippen molar-refractivity contribution in [2.24, 2.45) is 0 Å². The fourth-order valence-electron chi connectivity index (χ4n) is 5.79. The number of ether oxygens (including phenoxy) is 12. The number of unbranched alkanes of at least 4 members (excludes halogenated alkanes) is 11. The summed E-state index contributed by atoms with van der Waals surface area (Å²) < 4.78 is 64.6. The molecular weight excluding hydrogens is 838 g/mol. The van der Waals surface area contributed by atoms with Crippen molar-refractivity contribution in [2.45, 2.75) is 109 Å². The van der Waals surface area contributed by atoms with Crippen LogP contribution in [0.1, 0.15) is 96.8 Å². The number of ketones is 1. The lowest BCUT2D eigenvalue weighted by Crippen LogP contribution is -2.56. The fraction of sp³-hybridized carbons (Fsp3) is 0.913. The highest BCUT2D eigenvalue weighted by Gasteiger charge is 2.41. The first-order valence-corrected chi connectivity index (χ1v) is 23.8. The summed E-state index contributed by atoms with van der Waals surface area (Å²) in [5, 5.41) is 31.7. The van der Waals surface area contributed by atoms with Gasteiger partial charge in [-0.3, -0.25) is 9.59 Å². The molecule has 0 saturated carbocycles. The lowest BCUT2D eigenvalue weighted by molar-refractivity contribution is -0.217. The molecule has 4 N–H and O–H groups in total. The van der Waals surface area contributed by atoms with Gasteiger partial charge in [-0.05, 0) is 32.1 Å². The maximum Gasteiger partial charge on any atom is 0.252 e. The zero-order valence-corrected chi connectivity index (χ0v) is 39.7. The van der Waals surface area contributed by atoms with Crippen molar-refractivity contribution in [3.05, 3.63) is 12.2 Å². The number of hydrogen-bond acceptors (Lipinski definition) is 17. The Morgan fingerprint density at radius 1 is 0.484 bits per heavy atom. The Bertz CT molecular complexity index is 1010. The Morgan fingerprint density at radius 2 is 0.812 bits per heavy atom. The summed E-state index contributed by atoms with van der Waals surface area (Å²) in [6.07, 6.45) is 19.8. The molecule has 0 aliphatic carbocycles. The van der Waals surface area contributed by atoms with E-state index in [1.54, 1.807) is 0 Å². The molecule has 0 heterocycles. The Balaban J connectivity index is 3.62. The van der Waals surface area contributed by atoms with E-state index in [1.165, 1.54) is 38.5 Å². The molecule has 0 rings (SSSR count). The smallest absolute Gasteiger partial charge is 0.252 e. The van der Waals surface area contributed by atoms with Crippen LogP contribution in [-0.4, -0.2) is 205 Å². The van der Waals surface area contributed by atoms with Gasteiger partial charge in [-0.15, -0.1) is 0 Å². The second-order valence-electron chi connectivity index (χ2n) is 14.9. The van der Waals surface area contributed by atoms with Crippen LogP contribution in [0.15, 0.2) is 12.2 Å². The molecule has 1 amide bonds. The number of amides is 1. The van der Waals surface area contributed by atoms with E-state index in [9.17, 15) is 19.8 Å². The standard InChI is InChI=1S/C46H89NO17/c1-3-4-5-6-7-8-9-10-11-12-13-14-15-16-17-18-44(50)47-43(41-49)45(51)46(52,53-2)42-64-40-39-63-38-37-62-36-35-61-34-33-60-32-31-59-30-29-58-28-27-57-26-25-56-24-23-55-22-21-54-20-19-48/h10-11,43,48-49,52H,3-9,12-42H2,1-2H3,(H,47,50)/b11-10-/t43-,46?/m0/s1. The Labute approximate surface area is 384 Å². The van der Waals surface area contributed by atoms with Crippen LogP contribution in [0.3, 0.4) is 0 Å². The van der Waals surface area contributed by atoms with Crippen molar-refractivity contribution in [1.82, 2.24) is 5.32 Å². The summed E-state index contributed by atoms with van der Waals surface area (Å²) in [6, 6.07) is -1.32. The molecule has 0 aliphatic rings. The first-order chi connectivity index (χ1) is 31.4. The Morgan fingerprint density at radius 3 is 1.16 bits per heavy atom. The minimum atomic E-state index is -2.34. The molecule has 0 fully saturated rings. The molecular formula is C46H89NO17. The average Bonchev–Trinajstić information content (AvgIpc) is 3.30. The summed E-state index contributed by atoms with van der Waals surface area (Å²) in [6.45, 7) is 9.64. The highest BCUT2D eigenvalue weighted by Crippen LogP contribution is 2.13. The number of nitrogens with one attached hydrogen (secondary N) is 1. The molecule has 0 bridgehead atoms. The molecule has 0 aliphatic heterocycles. The van der Waals surface area contributed by atoms with Crippen LogP contribution < -0.4 is 5.32 Å². The van der Waals surface area contributed by atoms with Crippen LogP contribution in [0.5, 0.6) is 0 Å². The van der Waals surface area contributed by atoms with Gasteiger partial charge in [-0.1, -0.05) is 70.4 Å². The largest absolute Gasteiger partial charge is 0.394 e. The average molecular weight is 928 g/mol. The number of methoxy groups -OCH3 is 1. The van der Waals surface area contributed by atoms with Crippen molar-refractivity contribution >= 4 is 11.7 Å². The van der Waals surface area contributed by atoms with E-state index in [0.717, 1.165) is 45.6 Å². The van der Waals surface area contributed by atoms with Gasteiger partial charge in [0.05, 0.1) is 152 Å². The molecule has 0 saturated heterocycles. The van der Waals surface area contributed by atoms with Gasteiger partial charge in [-0.2, -0.15) is 0 Å². The Hall–Kier alpha value is -1.72.